The Bertz CT molecular complexity index is 1230. The van der Waals surface area contributed by atoms with Crippen molar-refractivity contribution in [3.8, 4) is 0 Å². The summed E-state index contributed by atoms with van der Waals surface area (Å²) in [4.78, 5) is 72.0. The van der Waals surface area contributed by atoms with E-state index in [4.69, 9.17) is 24.0 Å². The first-order chi connectivity index (χ1) is 17.2. The second-order valence-electron chi connectivity index (χ2n) is 11.1. The number of rotatable bonds is 2. The summed E-state index contributed by atoms with van der Waals surface area (Å²) in [5.41, 5.74) is -5.81. The molecule has 3 aliphatic heterocycles. The van der Waals surface area contributed by atoms with Gasteiger partial charge in [0.25, 0.3) is 0 Å². The number of esters is 3. The molecule has 0 radical (unpaired) electrons. The van der Waals surface area contributed by atoms with Gasteiger partial charge in [0.2, 0.25) is 11.7 Å². The minimum atomic E-state index is -2.31. The van der Waals surface area contributed by atoms with Crippen LogP contribution in [0.1, 0.15) is 74.0 Å². The van der Waals surface area contributed by atoms with Crippen molar-refractivity contribution in [2.45, 2.75) is 96.7 Å². The zero-order chi connectivity index (χ0) is 27.1. The molecule has 1 aromatic rings. The number of hydrogen-bond acceptors (Lipinski definition) is 12. The molecule has 37 heavy (non-hydrogen) atoms. The summed E-state index contributed by atoms with van der Waals surface area (Å²) in [5, 5.41) is 11.8. The van der Waals surface area contributed by atoms with E-state index >= 15 is 0 Å². The number of ether oxygens (including phenoxy) is 3. The molecule has 7 atom stereocenters. The molecule has 12 heteroatoms. The average molecular weight is 519 g/mol. The normalized spacial score (nSPS) is 40.8. The van der Waals surface area contributed by atoms with E-state index in [9.17, 15) is 24.3 Å². The van der Waals surface area contributed by atoms with E-state index in [-0.39, 0.29) is 18.5 Å². The monoisotopic (exact) mass is 518 g/mol. The first-order valence-electron chi connectivity index (χ1n) is 12.3. The third-order valence-corrected chi connectivity index (χ3v) is 9.07. The molecule has 1 aliphatic carbocycles. The Morgan fingerprint density at radius 1 is 1.05 bits per heavy atom. The van der Waals surface area contributed by atoms with Gasteiger partial charge in [-0.3, -0.25) is 14.7 Å². The molecule has 1 N–H and O–H groups in total. The maximum absolute atomic E-state index is 13.7. The van der Waals surface area contributed by atoms with E-state index in [1.54, 1.807) is 41.5 Å². The van der Waals surface area contributed by atoms with Crippen LogP contribution in [-0.4, -0.2) is 68.5 Å². The molecule has 0 aromatic carbocycles. The van der Waals surface area contributed by atoms with Crippen LogP contribution in [0.15, 0.2) is 0 Å². The van der Waals surface area contributed by atoms with Crippen LogP contribution >= 0.6 is 0 Å². The summed E-state index contributed by atoms with van der Waals surface area (Å²) in [5.74, 6) is -3.66. The van der Waals surface area contributed by atoms with Crippen LogP contribution in [0.3, 0.4) is 0 Å². The van der Waals surface area contributed by atoms with Crippen LogP contribution < -0.4 is 0 Å². The van der Waals surface area contributed by atoms with Crippen LogP contribution in [0, 0.1) is 31.6 Å². The van der Waals surface area contributed by atoms with Gasteiger partial charge in [-0.05, 0) is 47.0 Å². The smallest absolute Gasteiger partial charge is 0.383 e. The predicted octanol–water partition coefficient (Wildman–Crippen LogP) is 1.34. The van der Waals surface area contributed by atoms with Crippen molar-refractivity contribution in [2.75, 3.05) is 0 Å². The van der Waals surface area contributed by atoms with Crippen molar-refractivity contribution in [1.82, 2.24) is 9.97 Å². The van der Waals surface area contributed by atoms with Crippen molar-refractivity contribution in [1.29, 1.82) is 0 Å². The highest BCUT2D eigenvalue weighted by Gasteiger charge is 2.86. The lowest BCUT2D eigenvalue weighted by Crippen LogP contribution is -2.70. The number of aromatic nitrogens is 2. The quantitative estimate of drug-likeness (QED) is 0.340. The third-order valence-electron chi connectivity index (χ3n) is 9.07. The number of fused-ring (bicyclic) bond motifs is 1. The standard InChI is InChI=1S/C25H30N2O10/c1-11-7-8-22(5)18(35-19(29)17-14(4)26-12(2)13(3)27-17)20(30)36-37-25(21(31)33-11)23(22,6)9-15-24(25,32)10-16(28)34-15/h11,15,18,32H,7-10H2,1-6H3/t11?,15?,18?,22?,23?,24-,25?/m1/s1. The van der Waals surface area contributed by atoms with Crippen LogP contribution in [0.4, 0.5) is 0 Å². The molecule has 1 aromatic heterocycles. The van der Waals surface area contributed by atoms with Gasteiger partial charge < -0.3 is 19.3 Å². The minimum Gasteiger partial charge on any atom is -0.460 e. The zero-order valence-corrected chi connectivity index (χ0v) is 21.6. The zero-order valence-electron chi connectivity index (χ0n) is 21.6. The van der Waals surface area contributed by atoms with Crippen LogP contribution in [0.5, 0.6) is 0 Å². The van der Waals surface area contributed by atoms with E-state index in [2.05, 4.69) is 9.97 Å². The predicted molar refractivity (Wildman–Crippen MR) is 120 cm³/mol. The van der Waals surface area contributed by atoms with E-state index in [0.29, 0.717) is 23.5 Å². The minimum absolute atomic E-state index is 0.0597. The highest BCUT2D eigenvalue weighted by molar-refractivity contribution is 5.92. The molecule has 5 rings (SSSR count). The molecule has 0 amide bonds. The molecule has 4 aliphatic rings. The van der Waals surface area contributed by atoms with E-state index < -0.39 is 70.6 Å². The molecular weight excluding hydrogens is 488 g/mol. The molecular formula is C25H30N2O10. The third kappa shape index (κ3) is 3.14. The summed E-state index contributed by atoms with van der Waals surface area (Å²) in [6.07, 6.45) is -3.40. The van der Waals surface area contributed by atoms with Crippen molar-refractivity contribution in [2.24, 2.45) is 10.8 Å². The number of aliphatic hydroxyl groups is 1. The number of nitrogens with zero attached hydrogens (tertiary/aromatic N) is 2. The van der Waals surface area contributed by atoms with Crippen molar-refractivity contribution < 1.29 is 48.3 Å². The Hall–Kier alpha value is -3.12. The highest BCUT2D eigenvalue weighted by Crippen LogP contribution is 2.69. The van der Waals surface area contributed by atoms with Gasteiger partial charge in [0.15, 0.2) is 11.3 Å². The number of aryl methyl sites for hydroxylation is 3. The second kappa shape index (κ2) is 7.94. The first-order valence-corrected chi connectivity index (χ1v) is 12.3. The lowest BCUT2D eigenvalue weighted by molar-refractivity contribution is -0.374. The lowest BCUT2D eigenvalue weighted by atomic mass is 9.52. The number of hydrogen-bond donors (Lipinski definition) is 1. The van der Waals surface area contributed by atoms with Gasteiger partial charge in [0, 0.05) is 10.8 Å². The molecule has 6 unspecified atom stereocenters. The fourth-order valence-electron chi connectivity index (χ4n) is 6.60. The molecule has 200 valence electrons. The van der Waals surface area contributed by atoms with Crippen LogP contribution in [-0.2, 0) is 38.4 Å². The Balaban J connectivity index is 1.65. The van der Waals surface area contributed by atoms with E-state index in [1.165, 1.54) is 0 Å². The molecule has 3 saturated heterocycles. The number of carbonyl (C=O) groups is 4. The van der Waals surface area contributed by atoms with Gasteiger partial charge in [0.1, 0.15) is 6.10 Å². The average Bonchev–Trinajstić information content (AvgIpc) is 3.16. The molecule has 1 saturated carbocycles. The summed E-state index contributed by atoms with van der Waals surface area (Å²) in [6, 6.07) is 0. The Morgan fingerprint density at radius 2 is 1.73 bits per heavy atom. The van der Waals surface area contributed by atoms with Gasteiger partial charge in [-0.2, -0.15) is 4.89 Å². The van der Waals surface area contributed by atoms with Gasteiger partial charge in [-0.25, -0.2) is 19.4 Å². The SMILES string of the molecule is Cc1nc(C)c(C(=O)OC2C(=O)OOC34C(=O)OC(C)CCC2(C)C3(C)CC2OC(=O)C[C@@]24O)nc1C. The van der Waals surface area contributed by atoms with Gasteiger partial charge >= 0.3 is 23.9 Å². The maximum Gasteiger partial charge on any atom is 0.383 e. The number of cyclic esters (lactones) is 1. The first kappa shape index (κ1) is 25.5. The van der Waals surface area contributed by atoms with Crippen LogP contribution in [0.2, 0.25) is 0 Å². The molecule has 0 spiro atoms. The van der Waals surface area contributed by atoms with Gasteiger partial charge in [0.05, 0.1) is 29.6 Å². The fraction of sp³-hybridized carbons (Fsp3) is 0.680. The molecule has 4 heterocycles. The van der Waals surface area contributed by atoms with E-state index in [0.717, 1.165) is 0 Å². The van der Waals surface area contributed by atoms with Crippen molar-refractivity contribution >= 4 is 23.9 Å². The largest absolute Gasteiger partial charge is 0.460 e. The molecule has 12 nitrogen and oxygen atoms in total. The van der Waals surface area contributed by atoms with Gasteiger partial charge in [-0.15, -0.1) is 0 Å². The van der Waals surface area contributed by atoms with Crippen LogP contribution in [0.25, 0.3) is 0 Å². The maximum atomic E-state index is 13.7. The molecule has 4 fully saturated rings. The Kier molecular flexibility index (Phi) is 5.48. The second-order valence-corrected chi connectivity index (χ2v) is 11.1. The number of carbonyl (C=O) groups excluding carboxylic acids is 4. The molecule has 2 bridgehead atoms. The van der Waals surface area contributed by atoms with E-state index in [1.807, 2.05) is 0 Å². The summed E-state index contributed by atoms with van der Waals surface area (Å²) < 4.78 is 16.8. The fourth-order valence-corrected chi connectivity index (χ4v) is 6.60. The van der Waals surface area contributed by atoms with Gasteiger partial charge in [-0.1, -0.05) is 13.8 Å². The summed E-state index contributed by atoms with van der Waals surface area (Å²) >= 11 is 0. The Labute approximate surface area is 212 Å². The van der Waals surface area contributed by atoms with Crippen molar-refractivity contribution in [3.05, 3.63) is 22.8 Å². The van der Waals surface area contributed by atoms with Crippen molar-refractivity contribution in [3.63, 3.8) is 0 Å². The Morgan fingerprint density at radius 3 is 2.43 bits per heavy atom. The summed E-state index contributed by atoms with van der Waals surface area (Å²) in [6.45, 7) is 10.1. The highest BCUT2D eigenvalue weighted by atomic mass is 17.2. The summed E-state index contributed by atoms with van der Waals surface area (Å²) in [7, 11) is 0. The lowest BCUT2D eigenvalue weighted by Gasteiger charge is -2.53. The topological polar surface area (TPSA) is 160 Å².